The molecule has 0 saturated carbocycles. The molecule has 0 aliphatic carbocycles. The highest BCUT2D eigenvalue weighted by Gasteiger charge is 2.21. The summed E-state index contributed by atoms with van der Waals surface area (Å²) in [7, 11) is 1.62. The number of esters is 1. The number of benzene rings is 2. The lowest BCUT2D eigenvalue weighted by molar-refractivity contribution is 0.0457. The average molecular weight is 460 g/mol. The van der Waals surface area contributed by atoms with Crippen molar-refractivity contribution in [2.75, 3.05) is 0 Å². The third-order valence-electron chi connectivity index (χ3n) is 5.60. The third kappa shape index (κ3) is 4.32. The number of ether oxygens (including phenoxy) is 1. The van der Waals surface area contributed by atoms with Gasteiger partial charge >= 0.3 is 11.7 Å². The van der Waals surface area contributed by atoms with Gasteiger partial charge in [-0.05, 0) is 12.5 Å². The number of H-pyrrole nitrogens is 1. The molecule has 0 saturated heterocycles. The Morgan fingerprint density at radius 1 is 1.00 bits per heavy atom. The van der Waals surface area contributed by atoms with Crippen LogP contribution >= 0.6 is 0 Å². The van der Waals surface area contributed by atoms with Crippen molar-refractivity contribution in [1.29, 1.82) is 0 Å². The SMILES string of the molecule is CCCCn1c(=O)[nH]c(=O)c2c1nc(COC(=O)c1ccccc1C(=O)c1ccccc1)n2C. The van der Waals surface area contributed by atoms with Gasteiger partial charge in [-0.1, -0.05) is 61.9 Å². The van der Waals surface area contributed by atoms with Gasteiger partial charge < -0.3 is 9.30 Å². The predicted molar refractivity (Wildman–Crippen MR) is 126 cm³/mol. The van der Waals surface area contributed by atoms with E-state index in [9.17, 15) is 19.2 Å². The molecule has 0 radical (unpaired) electrons. The maximum atomic E-state index is 12.9. The molecule has 2 aromatic carbocycles. The molecule has 0 bridgehead atoms. The number of aromatic amines is 1. The van der Waals surface area contributed by atoms with Gasteiger partial charge in [-0.2, -0.15) is 0 Å². The van der Waals surface area contributed by atoms with Crippen LogP contribution in [0.1, 0.15) is 51.9 Å². The topological polar surface area (TPSA) is 116 Å². The largest absolute Gasteiger partial charge is 0.454 e. The van der Waals surface area contributed by atoms with Gasteiger partial charge in [-0.3, -0.25) is 19.1 Å². The Morgan fingerprint density at radius 3 is 2.38 bits per heavy atom. The van der Waals surface area contributed by atoms with Crippen LogP contribution in [0.25, 0.3) is 11.2 Å². The molecule has 0 spiro atoms. The van der Waals surface area contributed by atoms with Crippen LogP contribution in [0, 0.1) is 0 Å². The second kappa shape index (κ2) is 9.70. The van der Waals surface area contributed by atoms with Gasteiger partial charge in [0.1, 0.15) is 12.4 Å². The van der Waals surface area contributed by atoms with Crippen LogP contribution in [-0.4, -0.2) is 30.9 Å². The first-order valence-corrected chi connectivity index (χ1v) is 11.0. The molecule has 9 nitrogen and oxygen atoms in total. The number of fused-ring (bicyclic) bond motifs is 1. The summed E-state index contributed by atoms with van der Waals surface area (Å²) < 4.78 is 8.39. The number of ketones is 1. The minimum Gasteiger partial charge on any atom is -0.454 e. The normalized spacial score (nSPS) is 11.0. The van der Waals surface area contributed by atoms with Gasteiger partial charge in [0, 0.05) is 24.7 Å². The van der Waals surface area contributed by atoms with Gasteiger partial charge in [0.25, 0.3) is 5.56 Å². The van der Waals surface area contributed by atoms with Crippen LogP contribution in [0.5, 0.6) is 0 Å². The first kappa shape index (κ1) is 22.9. The maximum Gasteiger partial charge on any atom is 0.339 e. The summed E-state index contributed by atoms with van der Waals surface area (Å²) in [4.78, 5) is 57.2. The molecular weight excluding hydrogens is 436 g/mol. The fourth-order valence-electron chi connectivity index (χ4n) is 3.76. The number of carbonyl (C=O) groups is 2. The van der Waals surface area contributed by atoms with Crippen molar-refractivity contribution in [3.8, 4) is 0 Å². The number of nitrogens with one attached hydrogen (secondary N) is 1. The van der Waals surface area contributed by atoms with Crippen molar-refractivity contribution in [3.63, 3.8) is 0 Å². The number of aromatic nitrogens is 4. The minimum atomic E-state index is -0.691. The van der Waals surface area contributed by atoms with E-state index in [0.29, 0.717) is 17.9 Å². The van der Waals surface area contributed by atoms with E-state index in [1.54, 1.807) is 55.6 Å². The molecule has 174 valence electrons. The summed E-state index contributed by atoms with van der Waals surface area (Å²) in [5, 5.41) is 0. The van der Waals surface area contributed by atoms with Crippen molar-refractivity contribution >= 4 is 22.9 Å². The fraction of sp³-hybridized carbons (Fsp3) is 0.240. The Balaban J connectivity index is 1.62. The standard InChI is InChI=1S/C25H24N4O5/c1-3-4-14-29-22-20(23(31)27-25(29)33)28(2)19(26-22)15-34-24(32)18-13-9-8-12-17(18)21(30)16-10-6-5-7-11-16/h5-13H,3-4,14-15H2,1-2H3,(H,27,31,33). The number of imidazole rings is 1. The van der Waals surface area contributed by atoms with Gasteiger partial charge in [-0.25, -0.2) is 14.6 Å². The zero-order valence-corrected chi connectivity index (χ0v) is 18.9. The van der Waals surface area contributed by atoms with Crippen molar-refractivity contribution < 1.29 is 14.3 Å². The maximum absolute atomic E-state index is 12.9. The summed E-state index contributed by atoms with van der Waals surface area (Å²) in [5.41, 5.74) is 0.209. The van der Waals surface area contributed by atoms with E-state index in [2.05, 4.69) is 9.97 Å². The summed E-state index contributed by atoms with van der Waals surface area (Å²) >= 11 is 0. The number of hydrogen-bond acceptors (Lipinski definition) is 6. The predicted octanol–water partition coefficient (Wildman–Crippen LogP) is 2.81. The molecule has 1 N–H and O–H groups in total. The molecule has 9 heteroatoms. The zero-order chi connectivity index (χ0) is 24.2. The van der Waals surface area contributed by atoms with Gasteiger partial charge in [0.15, 0.2) is 16.9 Å². The second-order valence-corrected chi connectivity index (χ2v) is 7.84. The quantitative estimate of drug-likeness (QED) is 0.319. The fourth-order valence-corrected chi connectivity index (χ4v) is 3.76. The van der Waals surface area contributed by atoms with Gasteiger partial charge in [0.05, 0.1) is 5.56 Å². The molecule has 0 unspecified atom stereocenters. The molecule has 0 aliphatic heterocycles. The Morgan fingerprint density at radius 2 is 1.68 bits per heavy atom. The lowest BCUT2D eigenvalue weighted by Crippen LogP contribution is -2.31. The number of nitrogens with zero attached hydrogens (tertiary/aromatic N) is 3. The first-order valence-electron chi connectivity index (χ1n) is 11.0. The van der Waals surface area contributed by atoms with Crippen molar-refractivity contribution in [2.24, 2.45) is 7.05 Å². The van der Waals surface area contributed by atoms with E-state index >= 15 is 0 Å². The summed E-state index contributed by atoms with van der Waals surface area (Å²) in [6.45, 7) is 2.17. The first-order chi connectivity index (χ1) is 16.4. The Labute approximate surface area is 194 Å². The van der Waals surface area contributed by atoms with Gasteiger partial charge in [0.2, 0.25) is 0 Å². The summed E-state index contributed by atoms with van der Waals surface area (Å²) in [5.74, 6) is -0.678. The molecule has 0 aliphatic rings. The number of hydrogen-bond donors (Lipinski definition) is 1. The summed E-state index contributed by atoms with van der Waals surface area (Å²) in [6.07, 6.45) is 1.61. The average Bonchev–Trinajstić information content (AvgIpc) is 3.18. The lowest BCUT2D eigenvalue weighted by Gasteiger charge is -2.09. The molecule has 2 aromatic heterocycles. The van der Waals surface area contributed by atoms with E-state index in [4.69, 9.17) is 4.74 Å². The van der Waals surface area contributed by atoms with Crippen LogP contribution in [0.3, 0.4) is 0 Å². The Bertz CT molecular complexity index is 1480. The van der Waals surface area contributed by atoms with Crippen LogP contribution in [0.2, 0.25) is 0 Å². The minimum absolute atomic E-state index is 0.132. The summed E-state index contributed by atoms with van der Waals surface area (Å²) in [6, 6.07) is 15.1. The highest BCUT2D eigenvalue weighted by molar-refractivity contribution is 6.14. The van der Waals surface area contributed by atoms with E-state index in [-0.39, 0.29) is 34.7 Å². The van der Waals surface area contributed by atoms with E-state index in [1.807, 2.05) is 6.92 Å². The number of carbonyl (C=O) groups excluding carboxylic acids is 2. The molecule has 0 amide bonds. The second-order valence-electron chi connectivity index (χ2n) is 7.84. The molecular formula is C25H24N4O5. The van der Waals surface area contributed by atoms with E-state index in [0.717, 1.165) is 12.8 Å². The van der Waals surface area contributed by atoms with Crippen LogP contribution in [0.15, 0.2) is 64.2 Å². The van der Waals surface area contributed by atoms with Crippen molar-refractivity contribution in [1.82, 2.24) is 19.1 Å². The number of unbranched alkanes of at least 4 members (excludes halogenated alkanes) is 1. The molecule has 0 fully saturated rings. The Kier molecular flexibility index (Phi) is 6.53. The van der Waals surface area contributed by atoms with E-state index < -0.39 is 17.2 Å². The number of rotatable bonds is 8. The Hall–Kier alpha value is -4.27. The number of aryl methyl sites for hydroxylation is 2. The van der Waals surface area contributed by atoms with Gasteiger partial charge in [-0.15, -0.1) is 0 Å². The van der Waals surface area contributed by atoms with E-state index in [1.165, 1.54) is 15.2 Å². The molecule has 4 rings (SSSR count). The van der Waals surface area contributed by atoms with Crippen molar-refractivity contribution in [3.05, 3.63) is 98.0 Å². The zero-order valence-electron chi connectivity index (χ0n) is 18.9. The molecule has 34 heavy (non-hydrogen) atoms. The highest BCUT2D eigenvalue weighted by atomic mass is 16.5. The lowest BCUT2D eigenvalue weighted by atomic mass is 9.98. The monoisotopic (exact) mass is 460 g/mol. The van der Waals surface area contributed by atoms with Crippen LogP contribution < -0.4 is 11.2 Å². The highest BCUT2D eigenvalue weighted by Crippen LogP contribution is 2.17. The van der Waals surface area contributed by atoms with Crippen LogP contribution in [-0.2, 0) is 24.9 Å². The van der Waals surface area contributed by atoms with Crippen LogP contribution in [0.4, 0.5) is 0 Å². The van der Waals surface area contributed by atoms with Crippen molar-refractivity contribution in [2.45, 2.75) is 32.9 Å². The smallest absolute Gasteiger partial charge is 0.339 e. The third-order valence-corrected chi connectivity index (χ3v) is 5.60. The molecule has 0 atom stereocenters. The molecule has 2 heterocycles. The molecule has 4 aromatic rings.